The van der Waals surface area contributed by atoms with Gasteiger partial charge in [-0.25, -0.2) is 9.18 Å². The van der Waals surface area contributed by atoms with Gasteiger partial charge in [0.15, 0.2) is 0 Å². The van der Waals surface area contributed by atoms with Crippen LogP contribution in [0.1, 0.15) is 31.2 Å². The molecule has 0 aliphatic carbocycles. The second-order valence-electron chi connectivity index (χ2n) is 4.65. The highest BCUT2D eigenvalue weighted by atomic mass is 19.1. The molecule has 1 N–H and O–H groups in total. The van der Waals surface area contributed by atoms with Gasteiger partial charge in [0.1, 0.15) is 5.82 Å². The van der Waals surface area contributed by atoms with Crippen molar-refractivity contribution < 1.29 is 9.18 Å². The lowest BCUT2D eigenvalue weighted by atomic mass is 10.2. The number of rotatable bonds is 2. The molecule has 1 aliphatic heterocycles. The number of carbonyl (C=O) groups excluding carboxylic acids is 1. The van der Waals surface area contributed by atoms with E-state index < -0.39 is 0 Å². The van der Waals surface area contributed by atoms with Gasteiger partial charge in [-0.15, -0.1) is 0 Å². The Hall–Kier alpha value is -1.58. The maximum absolute atomic E-state index is 13.4. The first-order valence-corrected chi connectivity index (χ1v) is 6.53. The molecule has 1 fully saturated rings. The van der Waals surface area contributed by atoms with Crippen LogP contribution in [-0.4, -0.2) is 24.0 Å². The van der Waals surface area contributed by atoms with Crippen LogP contribution >= 0.6 is 0 Å². The Bertz CT molecular complexity index is 401. The zero-order valence-corrected chi connectivity index (χ0v) is 10.5. The lowest BCUT2D eigenvalue weighted by Gasteiger charge is -2.20. The molecule has 0 bridgehead atoms. The van der Waals surface area contributed by atoms with E-state index in [9.17, 15) is 9.18 Å². The van der Waals surface area contributed by atoms with Crippen molar-refractivity contribution in [3.63, 3.8) is 0 Å². The Labute approximate surface area is 107 Å². The number of nitrogens with one attached hydrogen (secondary N) is 1. The number of amides is 2. The van der Waals surface area contributed by atoms with Crippen molar-refractivity contribution in [1.82, 2.24) is 10.2 Å². The lowest BCUT2D eigenvalue weighted by Crippen LogP contribution is -2.40. The molecule has 0 spiro atoms. The second-order valence-corrected chi connectivity index (χ2v) is 4.65. The highest BCUT2D eigenvalue weighted by molar-refractivity contribution is 5.74. The minimum Gasteiger partial charge on any atom is -0.334 e. The Morgan fingerprint density at radius 1 is 1.17 bits per heavy atom. The third kappa shape index (κ3) is 3.45. The van der Waals surface area contributed by atoms with E-state index in [0.29, 0.717) is 5.56 Å². The second kappa shape index (κ2) is 6.38. The van der Waals surface area contributed by atoms with E-state index in [1.807, 2.05) is 4.90 Å². The van der Waals surface area contributed by atoms with Crippen LogP contribution in [-0.2, 0) is 6.54 Å². The van der Waals surface area contributed by atoms with Gasteiger partial charge in [-0.1, -0.05) is 31.0 Å². The molecule has 1 heterocycles. The summed E-state index contributed by atoms with van der Waals surface area (Å²) in [5.74, 6) is -0.270. The molecule has 3 nitrogen and oxygen atoms in total. The average molecular weight is 250 g/mol. The first kappa shape index (κ1) is 12.9. The number of hydrogen-bond donors (Lipinski definition) is 1. The molecule has 18 heavy (non-hydrogen) atoms. The zero-order chi connectivity index (χ0) is 12.8. The van der Waals surface area contributed by atoms with Gasteiger partial charge in [-0.05, 0) is 18.9 Å². The molecule has 0 saturated carbocycles. The summed E-state index contributed by atoms with van der Waals surface area (Å²) in [6.45, 7) is 1.87. The number of nitrogens with zero attached hydrogens (tertiary/aromatic N) is 1. The Morgan fingerprint density at radius 3 is 2.50 bits per heavy atom. The molecular weight excluding hydrogens is 231 g/mol. The van der Waals surface area contributed by atoms with Crippen molar-refractivity contribution in [1.29, 1.82) is 0 Å². The molecule has 1 aromatic rings. The third-order valence-electron chi connectivity index (χ3n) is 3.28. The maximum atomic E-state index is 13.4. The minimum atomic E-state index is -0.270. The van der Waals surface area contributed by atoms with Crippen LogP contribution in [0.3, 0.4) is 0 Å². The van der Waals surface area contributed by atoms with E-state index in [0.717, 1.165) is 25.9 Å². The fourth-order valence-electron chi connectivity index (χ4n) is 2.20. The van der Waals surface area contributed by atoms with Gasteiger partial charge in [-0.3, -0.25) is 0 Å². The fourth-order valence-corrected chi connectivity index (χ4v) is 2.20. The van der Waals surface area contributed by atoms with Gasteiger partial charge in [0.2, 0.25) is 0 Å². The van der Waals surface area contributed by atoms with Crippen molar-refractivity contribution >= 4 is 6.03 Å². The van der Waals surface area contributed by atoms with Crippen LogP contribution in [0.15, 0.2) is 24.3 Å². The Morgan fingerprint density at radius 2 is 1.83 bits per heavy atom. The molecule has 98 valence electrons. The summed E-state index contributed by atoms with van der Waals surface area (Å²) >= 11 is 0. The van der Waals surface area contributed by atoms with Crippen LogP contribution in [0.4, 0.5) is 9.18 Å². The monoisotopic (exact) mass is 250 g/mol. The van der Waals surface area contributed by atoms with E-state index in [4.69, 9.17) is 0 Å². The minimum absolute atomic E-state index is 0.0832. The molecule has 1 aromatic carbocycles. The summed E-state index contributed by atoms with van der Waals surface area (Å²) in [5, 5.41) is 2.78. The lowest BCUT2D eigenvalue weighted by molar-refractivity contribution is 0.199. The molecule has 4 heteroatoms. The van der Waals surface area contributed by atoms with E-state index in [2.05, 4.69) is 5.32 Å². The van der Waals surface area contributed by atoms with E-state index in [-0.39, 0.29) is 18.4 Å². The van der Waals surface area contributed by atoms with Crippen LogP contribution < -0.4 is 5.32 Å². The molecule has 0 atom stereocenters. The fraction of sp³-hybridized carbons (Fsp3) is 0.500. The standard InChI is InChI=1S/C14H19FN2O/c15-13-8-4-3-7-12(13)11-16-14(18)17-9-5-1-2-6-10-17/h3-4,7-8H,1-2,5-6,9-11H2,(H,16,18). The number of carbonyl (C=O) groups is 1. The first-order chi connectivity index (χ1) is 8.77. The van der Waals surface area contributed by atoms with Crippen LogP contribution in [0.5, 0.6) is 0 Å². The van der Waals surface area contributed by atoms with E-state index in [1.54, 1.807) is 18.2 Å². The normalized spacial score (nSPS) is 16.2. The van der Waals surface area contributed by atoms with Crippen molar-refractivity contribution in [2.45, 2.75) is 32.2 Å². The summed E-state index contributed by atoms with van der Waals surface area (Å²) in [6, 6.07) is 6.44. The summed E-state index contributed by atoms with van der Waals surface area (Å²) in [4.78, 5) is 13.8. The van der Waals surface area contributed by atoms with Gasteiger partial charge in [-0.2, -0.15) is 0 Å². The molecule has 1 aliphatic rings. The largest absolute Gasteiger partial charge is 0.334 e. The van der Waals surface area contributed by atoms with E-state index >= 15 is 0 Å². The van der Waals surface area contributed by atoms with Crippen molar-refractivity contribution in [2.75, 3.05) is 13.1 Å². The summed E-state index contributed by atoms with van der Waals surface area (Å²) in [7, 11) is 0. The number of likely N-dealkylation sites (tertiary alicyclic amines) is 1. The first-order valence-electron chi connectivity index (χ1n) is 6.53. The van der Waals surface area contributed by atoms with Gasteiger partial charge in [0.05, 0.1) is 0 Å². The predicted octanol–water partition coefficient (Wildman–Crippen LogP) is 2.91. The van der Waals surface area contributed by atoms with Crippen LogP contribution in [0, 0.1) is 5.82 Å². The smallest absolute Gasteiger partial charge is 0.317 e. The molecule has 0 radical (unpaired) electrons. The molecular formula is C14H19FN2O. The zero-order valence-electron chi connectivity index (χ0n) is 10.5. The number of halogens is 1. The topological polar surface area (TPSA) is 32.3 Å². The van der Waals surface area contributed by atoms with Gasteiger partial charge < -0.3 is 10.2 Å². The maximum Gasteiger partial charge on any atom is 0.317 e. The summed E-state index contributed by atoms with van der Waals surface area (Å²) < 4.78 is 13.4. The highest BCUT2D eigenvalue weighted by Crippen LogP contribution is 2.10. The summed E-state index contributed by atoms with van der Waals surface area (Å²) in [5.41, 5.74) is 0.528. The summed E-state index contributed by atoms with van der Waals surface area (Å²) in [6.07, 6.45) is 4.51. The van der Waals surface area contributed by atoms with Crippen molar-refractivity contribution in [3.05, 3.63) is 35.6 Å². The average Bonchev–Trinajstić information content (AvgIpc) is 2.66. The molecule has 0 aromatic heterocycles. The quantitative estimate of drug-likeness (QED) is 0.860. The van der Waals surface area contributed by atoms with Gasteiger partial charge >= 0.3 is 6.03 Å². The molecule has 0 unspecified atom stereocenters. The van der Waals surface area contributed by atoms with Gasteiger partial charge in [0.25, 0.3) is 0 Å². The highest BCUT2D eigenvalue weighted by Gasteiger charge is 2.15. The Kier molecular flexibility index (Phi) is 4.56. The molecule has 2 rings (SSSR count). The molecule has 1 saturated heterocycles. The van der Waals surface area contributed by atoms with Crippen LogP contribution in [0.2, 0.25) is 0 Å². The number of benzene rings is 1. The van der Waals surface area contributed by atoms with Crippen molar-refractivity contribution in [3.8, 4) is 0 Å². The number of urea groups is 1. The Balaban J connectivity index is 1.86. The number of hydrogen-bond acceptors (Lipinski definition) is 1. The predicted molar refractivity (Wildman–Crippen MR) is 68.7 cm³/mol. The SMILES string of the molecule is O=C(NCc1ccccc1F)N1CCCCCC1. The van der Waals surface area contributed by atoms with E-state index in [1.165, 1.54) is 18.9 Å². The van der Waals surface area contributed by atoms with Gasteiger partial charge in [0, 0.05) is 25.2 Å². The third-order valence-corrected chi connectivity index (χ3v) is 3.28. The molecule has 2 amide bonds. The van der Waals surface area contributed by atoms with Crippen LogP contribution in [0.25, 0.3) is 0 Å². The van der Waals surface area contributed by atoms with Crippen molar-refractivity contribution in [2.24, 2.45) is 0 Å².